The lowest BCUT2D eigenvalue weighted by Crippen LogP contribution is -2.02. The molecule has 2 aromatic heterocycles. The highest BCUT2D eigenvalue weighted by atomic mass is 19.1. The van der Waals surface area contributed by atoms with Gasteiger partial charge in [-0.3, -0.25) is 0 Å². The summed E-state index contributed by atoms with van der Waals surface area (Å²) in [6.07, 6.45) is 0.740. The fraction of sp³-hybridized carbons (Fsp3) is 0.188. The lowest BCUT2D eigenvalue weighted by Gasteiger charge is -2.07. The van der Waals surface area contributed by atoms with Gasteiger partial charge >= 0.3 is 0 Å². The number of halogens is 1. The average molecular weight is 315 g/mol. The van der Waals surface area contributed by atoms with Gasteiger partial charge in [-0.15, -0.1) is 0 Å². The predicted octanol–water partition coefficient (Wildman–Crippen LogP) is 2.56. The minimum Gasteiger partial charge on any atom is -0.481 e. The summed E-state index contributed by atoms with van der Waals surface area (Å²) in [5, 5.41) is 14.0. The third-order valence-corrected chi connectivity index (χ3v) is 3.27. The molecular formula is C16H14FN3O3. The molecule has 1 N–H and O–H groups in total. The third-order valence-electron chi connectivity index (χ3n) is 3.27. The summed E-state index contributed by atoms with van der Waals surface area (Å²) >= 11 is 0. The van der Waals surface area contributed by atoms with Crippen LogP contribution in [0.15, 0.2) is 47.1 Å². The van der Waals surface area contributed by atoms with Gasteiger partial charge in [0.2, 0.25) is 17.6 Å². The van der Waals surface area contributed by atoms with E-state index in [2.05, 4.69) is 15.1 Å². The maximum Gasteiger partial charge on any atom is 0.229 e. The molecule has 0 saturated heterocycles. The van der Waals surface area contributed by atoms with Crippen LogP contribution in [0.5, 0.6) is 5.88 Å². The zero-order valence-corrected chi connectivity index (χ0v) is 12.3. The maximum atomic E-state index is 13.2. The SMILES string of the molecule is COc1ccc(-c2noc(C[C@H](O)c3cccc(F)c3)n2)cn1. The molecule has 6 nitrogen and oxygen atoms in total. The van der Waals surface area contributed by atoms with Crippen LogP contribution in [-0.4, -0.2) is 27.3 Å². The molecule has 0 bridgehead atoms. The van der Waals surface area contributed by atoms with E-state index >= 15 is 0 Å². The molecule has 0 aliphatic heterocycles. The molecule has 1 aromatic carbocycles. The van der Waals surface area contributed by atoms with Gasteiger partial charge in [0.25, 0.3) is 0 Å². The Morgan fingerprint density at radius 3 is 2.87 bits per heavy atom. The highest BCUT2D eigenvalue weighted by Gasteiger charge is 2.15. The first-order chi connectivity index (χ1) is 11.2. The molecule has 3 aromatic rings. The molecule has 1 atom stereocenters. The molecule has 0 radical (unpaired) electrons. The molecule has 23 heavy (non-hydrogen) atoms. The van der Waals surface area contributed by atoms with Crippen molar-refractivity contribution in [2.75, 3.05) is 7.11 Å². The Hall–Kier alpha value is -2.80. The van der Waals surface area contributed by atoms with Gasteiger partial charge in [-0.2, -0.15) is 4.98 Å². The number of nitrogens with zero attached hydrogens (tertiary/aromatic N) is 3. The number of aliphatic hydroxyl groups excluding tert-OH is 1. The van der Waals surface area contributed by atoms with E-state index in [1.807, 2.05) is 0 Å². The van der Waals surface area contributed by atoms with Crippen LogP contribution in [-0.2, 0) is 6.42 Å². The summed E-state index contributed by atoms with van der Waals surface area (Å²) in [5.74, 6) is 0.699. The van der Waals surface area contributed by atoms with Gasteiger partial charge in [0.1, 0.15) is 5.82 Å². The summed E-state index contributed by atoms with van der Waals surface area (Å²) < 4.78 is 23.3. The van der Waals surface area contributed by atoms with Crippen LogP contribution in [0.3, 0.4) is 0 Å². The van der Waals surface area contributed by atoms with E-state index in [0.717, 1.165) is 0 Å². The van der Waals surface area contributed by atoms with Gasteiger partial charge in [-0.05, 0) is 23.8 Å². The van der Waals surface area contributed by atoms with Crippen molar-refractivity contribution in [2.24, 2.45) is 0 Å². The zero-order chi connectivity index (χ0) is 16.2. The molecule has 0 aliphatic rings. The monoisotopic (exact) mass is 315 g/mol. The Bertz CT molecular complexity index is 789. The summed E-state index contributed by atoms with van der Waals surface area (Å²) in [6.45, 7) is 0. The van der Waals surface area contributed by atoms with E-state index in [4.69, 9.17) is 9.26 Å². The number of methoxy groups -OCH3 is 1. The van der Waals surface area contributed by atoms with Crippen molar-refractivity contribution in [3.63, 3.8) is 0 Å². The molecule has 7 heteroatoms. The van der Waals surface area contributed by atoms with Gasteiger partial charge in [0.15, 0.2) is 0 Å². The van der Waals surface area contributed by atoms with E-state index in [9.17, 15) is 9.50 Å². The smallest absolute Gasteiger partial charge is 0.229 e. The number of benzene rings is 1. The van der Waals surface area contributed by atoms with E-state index in [1.165, 1.54) is 25.3 Å². The number of rotatable bonds is 5. The highest BCUT2D eigenvalue weighted by Crippen LogP contribution is 2.21. The Morgan fingerprint density at radius 1 is 1.30 bits per heavy atom. The van der Waals surface area contributed by atoms with Crippen LogP contribution in [0.1, 0.15) is 17.6 Å². The fourth-order valence-corrected chi connectivity index (χ4v) is 2.09. The van der Waals surface area contributed by atoms with Crippen molar-refractivity contribution in [3.05, 3.63) is 59.9 Å². The first-order valence-electron chi connectivity index (χ1n) is 6.92. The average Bonchev–Trinajstić information content (AvgIpc) is 3.03. The second-order valence-electron chi connectivity index (χ2n) is 4.88. The lowest BCUT2D eigenvalue weighted by atomic mass is 10.1. The third kappa shape index (κ3) is 3.51. The minimum absolute atomic E-state index is 0.0973. The summed E-state index contributed by atoms with van der Waals surface area (Å²) in [4.78, 5) is 8.28. The maximum absolute atomic E-state index is 13.2. The van der Waals surface area contributed by atoms with E-state index in [-0.39, 0.29) is 12.3 Å². The second kappa shape index (κ2) is 6.53. The van der Waals surface area contributed by atoms with Crippen LogP contribution in [0, 0.1) is 5.82 Å². The van der Waals surface area contributed by atoms with Gasteiger partial charge in [0.05, 0.1) is 19.6 Å². The quantitative estimate of drug-likeness (QED) is 0.779. The molecule has 2 heterocycles. The second-order valence-corrected chi connectivity index (χ2v) is 4.88. The lowest BCUT2D eigenvalue weighted by molar-refractivity contribution is 0.164. The summed E-state index contributed by atoms with van der Waals surface area (Å²) in [6, 6.07) is 9.21. The minimum atomic E-state index is -0.923. The van der Waals surface area contributed by atoms with Crippen LogP contribution in [0.4, 0.5) is 4.39 Å². The predicted molar refractivity (Wildman–Crippen MR) is 79.1 cm³/mol. The standard InChI is InChI=1S/C16H14FN3O3/c1-22-14-6-5-11(9-18-14)16-19-15(23-20-16)8-13(21)10-3-2-4-12(17)7-10/h2-7,9,13,21H,8H2,1H3/t13-/m0/s1. The Morgan fingerprint density at radius 2 is 2.17 bits per heavy atom. The number of pyridine rings is 1. The number of hydrogen-bond donors (Lipinski definition) is 1. The first kappa shape index (κ1) is 15.1. The Labute approximate surface area is 131 Å². The van der Waals surface area contributed by atoms with E-state index < -0.39 is 11.9 Å². The highest BCUT2D eigenvalue weighted by molar-refractivity contribution is 5.53. The molecular weight excluding hydrogens is 301 g/mol. The van der Waals surface area contributed by atoms with Gasteiger partial charge in [-0.1, -0.05) is 17.3 Å². The van der Waals surface area contributed by atoms with Crippen LogP contribution < -0.4 is 4.74 Å². The van der Waals surface area contributed by atoms with Crippen molar-refractivity contribution >= 4 is 0 Å². The van der Waals surface area contributed by atoms with Crippen LogP contribution >= 0.6 is 0 Å². The molecule has 0 amide bonds. The molecule has 0 spiro atoms. The molecule has 0 fully saturated rings. The Balaban J connectivity index is 1.73. The van der Waals surface area contributed by atoms with Crippen LogP contribution in [0.2, 0.25) is 0 Å². The Kier molecular flexibility index (Phi) is 4.29. The molecule has 118 valence electrons. The molecule has 0 aliphatic carbocycles. The van der Waals surface area contributed by atoms with Gasteiger partial charge < -0.3 is 14.4 Å². The van der Waals surface area contributed by atoms with Crippen molar-refractivity contribution < 1.29 is 18.8 Å². The number of hydrogen-bond acceptors (Lipinski definition) is 6. The fourth-order valence-electron chi connectivity index (χ4n) is 2.09. The first-order valence-corrected chi connectivity index (χ1v) is 6.92. The number of aliphatic hydroxyl groups is 1. The van der Waals surface area contributed by atoms with E-state index in [1.54, 1.807) is 24.4 Å². The molecule has 3 rings (SSSR count). The van der Waals surface area contributed by atoms with Crippen molar-refractivity contribution in [1.29, 1.82) is 0 Å². The van der Waals surface area contributed by atoms with Crippen molar-refractivity contribution in [1.82, 2.24) is 15.1 Å². The van der Waals surface area contributed by atoms with Gasteiger partial charge in [-0.25, -0.2) is 9.37 Å². The van der Waals surface area contributed by atoms with Crippen molar-refractivity contribution in [3.8, 4) is 17.3 Å². The van der Waals surface area contributed by atoms with E-state index in [0.29, 0.717) is 22.8 Å². The van der Waals surface area contributed by atoms with Crippen LogP contribution in [0.25, 0.3) is 11.4 Å². The largest absolute Gasteiger partial charge is 0.481 e. The topological polar surface area (TPSA) is 81.3 Å². The molecule has 0 unspecified atom stereocenters. The number of ether oxygens (including phenoxy) is 1. The van der Waals surface area contributed by atoms with Gasteiger partial charge in [0, 0.05) is 17.8 Å². The summed E-state index contributed by atoms with van der Waals surface area (Å²) in [7, 11) is 1.53. The zero-order valence-electron chi connectivity index (χ0n) is 12.3. The van der Waals surface area contributed by atoms with Crippen molar-refractivity contribution in [2.45, 2.75) is 12.5 Å². The summed E-state index contributed by atoms with van der Waals surface area (Å²) in [5.41, 5.74) is 1.12. The normalized spacial score (nSPS) is 12.1. The molecule has 0 saturated carbocycles. The number of aromatic nitrogens is 3.